The van der Waals surface area contributed by atoms with E-state index in [0.717, 1.165) is 23.8 Å². The third kappa shape index (κ3) is 3.20. The molecule has 0 atom stereocenters. The number of nitrogens with one attached hydrogen (secondary N) is 1. The van der Waals surface area contributed by atoms with Crippen LogP contribution in [-0.4, -0.2) is 30.9 Å². The topological polar surface area (TPSA) is 99.1 Å². The number of nitrogens with two attached hydrogens (primary N) is 1. The lowest BCUT2D eigenvalue weighted by Crippen LogP contribution is -2.42. The van der Waals surface area contributed by atoms with Gasteiger partial charge in [0.25, 0.3) is 5.56 Å². The van der Waals surface area contributed by atoms with Crippen molar-refractivity contribution in [2.24, 2.45) is 7.05 Å². The van der Waals surface area contributed by atoms with E-state index in [1.807, 2.05) is 6.92 Å². The molecule has 1 aliphatic rings. The first kappa shape index (κ1) is 15.8. The average molecular weight is 314 g/mol. The molecular formula is C13H22N4O3S. The van der Waals surface area contributed by atoms with Gasteiger partial charge in [0.1, 0.15) is 11.5 Å². The van der Waals surface area contributed by atoms with Crippen molar-refractivity contribution in [2.45, 2.75) is 38.8 Å². The van der Waals surface area contributed by atoms with Crippen LogP contribution in [0.1, 0.15) is 26.2 Å². The molecule has 0 radical (unpaired) electrons. The van der Waals surface area contributed by atoms with Crippen molar-refractivity contribution in [3.63, 3.8) is 0 Å². The van der Waals surface area contributed by atoms with Gasteiger partial charge in [-0.1, -0.05) is 6.92 Å². The number of aromatic nitrogens is 2. The fourth-order valence-electron chi connectivity index (χ4n) is 2.50. The molecule has 0 spiro atoms. The van der Waals surface area contributed by atoms with Crippen LogP contribution in [0.2, 0.25) is 0 Å². The van der Waals surface area contributed by atoms with Crippen molar-refractivity contribution in [3.8, 4) is 0 Å². The Kier molecular flexibility index (Phi) is 4.87. The van der Waals surface area contributed by atoms with Crippen LogP contribution in [0.15, 0.2) is 9.59 Å². The Morgan fingerprint density at radius 3 is 2.52 bits per heavy atom. The molecule has 1 fully saturated rings. The molecule has 1 aromatic heterocycles. The zero-order valence-corrected chi connectivity index (χ0v) is 13.2. The average Bonchev–Trinajstić information content (AvgIpc) is 2.48. The van der Waals surface area contributed by atoms with Gasteiger partial charge in [0, 0.05) is 41.9 Å². The molecule has 3 N–H and O–H groups in total. The molecule has 0 unspecified atom stereocenters. The maximum absolute atomic E-state index is 12.3. The van der Waals surface area contributed by atoms with Crippen molar-refractivity contribution in [1.82, 2.24) is 9.13 Å². The molecule has 0 aliphatic carbocycles. The molecule has 1 aliphatic heterocycles. The second-order valence-electron chi connectivity index (χ2n) is 5.33. The van der Waals surface area contributed by atoms with Crippen LogP contribution in [0.4, 0.5) is 11.5 Å². The van der Waals surface area contributed by atoms with Crippen molar-refractivity contribution < 1.29 is 4.21 Å². The van der Waals surface area contributed by atoms with Crippen LogP contribution in [0, 0.1) is 0 Å². The second kappa shape index (κ2) is 6.46. The van der Waals surface area contributed by atoms with Crippen LogP contribution >= 0.6 is 0 Å². The molecule has 1 aromatic rings. The molecule has 0 saturated carbocycles. The highest BCUT2D eigenvalue weighted by Gasteiger charge is 2.21. The summed E-state index contributed by atoms with van der Waals surface area (Å²) in [5.74, 6) is 1.45. The number of nitrogens with zero attached hydrogens (tertiary/aromatic N) is 2. The van der Waals surface area contributed by atoms with Gasteiger partial charge in [-0.2, -0.15) is 0 Å². The lowest BCUT2D eigenvalue weighted by molar-refractivity contribution is 0.592. The molecule has 7 nitrogen and oxygen atoms in total. The predicted molar refractivity (Wildman–Crippen MR) is 85.2 cm³/mol. The fourth-order valence-corrected chi connectivity index (χ4v) is 3.80. The van der Waals surface area contributed by atoms with Crippen molar-refractivity contribution >= 4 is 22.3 Å². The smallest absolute Gasteiger partial charge is 0.332 e. The Morgan fingerprint density at radius 1 is 1.33 bits per heavy atom. The number of hydrogen-bond acceptors (Lipinski definition) is 5. The zero-order valence-electron chi connectivity index (χ0n) is 12.4. The lowest BCUT2D eigenvalue weighted by atomic mass is 10.1. The number of nitrogen functional groups attached to an aromatic ring is 1. The quantitative estimate of drug-likeness (QED) is 0.806. The molecule has 0 bridgehead atoms. The number of rotatable bonds is 4. The fraction of sp³-hybridized carbons (Fsp3) is 0.692. The van der Waals surface area contributed by atoms with Crippen LogP contribution < -0.4 is 22.3 Å². The van der Waals surface area contributed by atoms with Crippen LogP contribution in [-0.2, 0) is 24.4 Å². The van der Waals surface area contributed by atoms with E-state index in [-0.39, 0.29) is 17.5 Å². The first-order valence-corrected chi connectivity index (χ1v) is 8.65. The molecule has 1 saturated heterocycles. The Hall–Kier alpha value is -1.57. The summed E-state index contributed by atoms with van der Waals surface area (Å²) in [6, 6.07) is 0.0743. The van der Waals surface area contributed by atoms with Gasteiger partial charge in [0.05, 0.1) is 0 Å². The second-order valence-corrected chi connectivity index (χ2v) is 7.02. The van der Waals surface area contributed by atoms with E-state index in [0.29, 0.717) is 18.1 Å². The summed E-state index contributed by atoms with van der Waals surface area (Å²) in [6.07, 6.45) is 2.23. The van der Waals surface area contributed by atoms with Gasteiger partial charge in [0.2, 0.25) is 0 Å². The largest absolute Gasteiger partial charge is 0.383 e. The zero-order chi connectivity index (χ0) is 15.6. The Balaban J connectivity index is 2.37. The van der Waals surface area contributed by atoms with E-state index in [4.69, 9.17) is 5.73 Å². The minimum absolute atomic E-state index is 0.0743. The number of anilines is 2. The third-order valence-corrected chi connectivity index (χ3v) is 5.15. The van der Waals surface area contributed by atoms with Gasteiger partial charge in [-0.3, -0.25) is 18.1 Å². The number of hydrogen-bond donors (Lipinski definition) is 2. The van der Waals surface area contributed by atoms with Gasteiger partial charge in [-0.25, -0.2) is 4.79 Å². The van der Waals surface area contributed by atoms with Crippen LogP contribution in [0.5, 0.6) is 0 Å². The van der Waals surface area contributed by atoms with Gasteiger partial charge in [0.15, 0.2) is 0 Å². The van der Waals surface area contributed by atoms with Gasteiger partial charge in [-0.05, 0) is 19.3 Å². The van der Waals surface area contributed by atoms with Gasteiger partial charge >= 0.3 is 5.69 Å². The predicted octanol–water partition coefficient (Wildman–Crippen LogP) is -0.138. The third-order valence-electron chi connectivity index (χ3n) is 3.77. The lowest BCUT2D eigenvalue weighted by Gasteiger charge is -2.25. The molecule has 0 aromatic carbocycles. The summed E-state index contributed by atoms with van der Waals surface area (Å²) in [4.78, 5) is 24.3. The highest BCUT2D eigenvalue weighted by atomic mass is 32.2. The van der Waals surface area contributed by atoms with E-state index in [1.165, 1.54) is 11.6 Å². The first-order chi connectivity index (χ1) is 9.95. The maximum atomic E-state index is 12.3. The minimum Gasteiger partial charge on any atom is -0.383 e. The standard InChI is InChI=1S/C13H22N4O3S/c1-3-6-17-11(14)10(12(18)16(2)13(17)19)15-9-4-7-21(20)8-5-9/h9,15H,3-8,14H2,1-2H3. The van der Waals surface area contributed by atoms with Gasteiger partial charge < -0.3 is 11.1 Å². The van der Waals surface area contributed by atoms with Crippen LogP contribution in [0.25, 0.3) is 0 Å². The maximum Gasteiger partial charge on any atom is 0.332 e. The summed E-state index contributed by atoms with van der Waals surface area (Å²) in [5.41, 5.74) is 5.49. The van der Waals surface area contributed by atoms with Crippen molar-refractivity contribution in [1.29, 1.82) is 0 Å². The molecule has 21 heavy (non-hydrogen) atoms. The van der Waals surface area contributed by atoms with E-state index in [1.54, 1.807) is 0 Å². The first-order valence-electron chi connectivity index (χ1n) is 7.16. The molecule has 0 amide bonds. The van der Waals surface area contributed by atoms with E-state index < -0.39 is 22.0 Å². The summed E-state index contributed by atoms with van der Waals surface area (Å²) < 4.78 is 13.9. The van der Waals surface area contributed by atoms with E-state index in [9.17, 15) is 13.8 Å². The molecule has 2 rings (SSSR count). The highest BCUT2D eigenvalue weighted by Crippen LogP contribution is 2.18. The summed E-state index contributed by atoms with van der Waals surface area (Å²) in [7, 11) is 0.701. The summed E-state index contributed by atoms with van der Waals surface area (Å²) >= 11 is 0. The molecule has 118 valence electrons. The normalized spacial score (nSPS) is 22.2. The highest BCUT2D eigenvalue weighted by molar-refractivity contribution is 7.85. The van der Waals surface area contributed by atoms with Crippen LogP contribution in [0.3, 0.4) is 0 Å². The Labute approximate surface area is 125 Å². The molecular weight excluding hydrogens is 292 g/mol. The van der Waals surface area contributed by atoms with Gasteiger partial charge in [-0.15, -0.1) is 0 Å². The Morgan fingerprint density at radius 2 is 1.95 bits per heavy atom. The summed E-state index contributed by atoms with van der Waals surface area (Å²) in [5, 5.41) is 3.15. The molecule has 8 heteroatoms. The monoisotopic (exact) mass is 314 g/mol. The van der Waals surface area contributed by atoms with Crippen molar-refractivity contribution in [2.75, 3.05) is 22.6 Å². The molecule has 2 heterocycles. The SMILES string of the molecule is CCCn1c(N)c(NC2CCS(=O)CC2)c(=O)n(C)c1=O. The Bertz CT molecular complexity index is 655. The summed E-state index contributed by atoms with van der Waals surface area (Å²) in [6.45, 7) is 2.42. The minimum atomic E-state index is -0.755. The van der Waals surface area contributed by atoms with E-state index >= 15 is 0 Å². The van der Waals surface area contributed by atoms with Crippen molar-refractivity contribution in [3.05, 3.63) is 20.8 Å². The van der Waals surface area contributed by atoms with E-state index in [2.05, 4.69) is 5.32 Å².